The zero-order valence-electron chi connectivity index (χ0n) is 16.7. The van der Waals surface area contributed by atoms with Crippen molar-refractivity contribution in [2.45, 2.75) is 11.9 Å². The highest BCUT2D eigenvalue weighted by Gasteiger charge is 2.14. The number of benzene rings is 1. The minimum absolute atomic E-state index is 0.103. The number of nitrogens with one attached hydrogen (secondary N) is 1. The molecular weight excluding hydrogens is 410 g/mol. The Kier molecular flexibility index (Phi) is 7.07. The van der Waals surface area contributed by atoms with Crippen LogP contribution in [0.1, 0.15) is 6.92 Å². The van der Waals surface area contributed by atoms with Crippen LogP contribution in [0.25, 0.3) is 17.0 Å². The number of methoxy groups -OCH3 is 2. The smallest absolute Gasteiger partial charge is 0.325 e. The molecular formula is C19H21N5O5S. The van der Waals surface area contributed by atoms with Crippen LogP contribution >= 0.6 is 11.8 Å². The summed E-state index contributed by atoms with van der Waals surface area (Å²) in [5, 5.41) is 16.0. The van der Waals surface area contributed by atoms with Crippen LogP contribution in [0.2, 0.25) is 0 Å². The Morgan fingerprint density at radius 2 is 1.90 bits per heavy atom. The van der Waals surface area contributed by atoms with Crippen molar-refractivity contribution in [3.8, 4) is 22.9 Å². The van der Waals surface area contributed by atoms with E-state index in [4.69, 9.17) is 14.2 Å². The molecule has 0 spiro atoms. The van der Waals surface area contributed by atoms with Crippen LogP contribution in [0.3, 0.4) is 0 Å². The maximum absolute atomic E-state index is 11.9. The lowest BCUT2D eigenvalue weighted by Gasteiger charge is -2.09. The molecule has 158 valence electrons. The second-order valence-corrected chi connectivity index (χ2v) is 6.90. The number of aromatic nitrogens is 4. The average molecular weight is 431 g/mol. The fourth-order valence-corrected chi connectivity index (χ4v) is 3.26. The van der Waals surface area contributed by atoms with Crippen molar-refractivity contribution in [1.29, 1.82) is 0 Å². The minimum Gasteiger partial charge on any atom is -0.493 e. The Bertz CT molecular complexity index is 1050. The monoisotopic (exact) mass is 431 g/mol. The van der Waals surface area contributed by atoms with Gasteiger partial charge in [0.05, 0.1) is 26.6 Å². The zero-order chi connectivity index (χ0) is 21.5. The van der Waals surface area contributed by atoms with E-state index in [1.165, 1.54) is 11.8 Å². The van der Waals surface area contributed by atoms with Gasteiger partial charge in [0, 0.05) is 5.56 Å². The summed E-state index contributed by atoms with van der Waals surface area (Å²) in [4.78, 5) is 23.2. The summed E-state index contributed by atoms with van der Waals surface area (Å²) in [6.45, 7) is 1.82. The Balaban J connectivity index is 1.74. The summed E-state index contributed by atoms with van der Waals surface area (Å²) in [6, 6.07) is 8.93. The number of hydrogen-bond donors (Lipinski definition) is 1. The lowest BCUT2D eigenvalue weighted by Crippen LogP contribution is -2.31. The van der Waals surface area contributed by atoms with Gasteiger partial charge < -0.3 is 19.5 Å². The van der Waals surface area contributed by atoms with Crippen LogP contribution < -0.4 is 14.8 Å². The Hall–Kier alpha value is -3.34. The number of carbonyl (C=O) groups excluding carboxylic acids is 2. The first-order valence-corrected chi connectivity index (χ1v) is 10.0. The van der Waals surface area contributed by atoms with Crippen LogP contribution in [0.15, 0.2) is 35.4 Å². The average Bonchev–Trinajstić information content (AvgIpc) is 3.19. The van der Waals surface area contributed by atoms with Gasteiger partial charge in [-0.1, -0.05) is 11.8 Å². The molecule has 1 amide bonds. The van der Waals surface area contributed by atoms with Crippen LogP contribution in [-0.4, -0.2) is 64.8 Å². The van der Waals surface area contributed by atoms with Crippen LogP contribution in [0.4, 0.5) is 0 Å². The molecule has 11 heteroatoms. The van der Waals surface area contributed by atoms with Gasteiger partial charge in [-0.15, -0.1) is 10.2 Å². The summed E-state index contributed by atoms with van der Waals surface area (Å²) in [6.07, 6.45) is 0. The first-order valence-electron chi connectivity index (χ1n) is 9.05. The van der Waals surface area contributed by atoms with Gasteiger partial charge in [0.25, 0.3) is 0 Å². The summed E-state index contributed by atoms with van der Waals surface area (Å²) in [5.41, 5.74) is 1.32. The summed E-state index contributed by atoms with van der Waals surface area (Å²) >= 11 is 1.23. The van der Waals surface area contributed by atoms with E-state index >= 15 is 0 Å². The van der Waals surface area contributed by atoms with E-state index in [1.54, 1.807) is 49.9 Å². The molecule has 3 aromatic rings. The van der Waals surface area contributed by atoms with E-state index in [2.05, 4.69) is 20.6 Å². The number of carbonyl (C=O) groups is 2. The third-order valence-corrected chi connectivity index (χ3v) is 4.89. The molecule has 0 aliphatic carbocycles. The minimum atomic E-state index is -0.473. The molecule has 1 N–H and O–H groups in total. The summed E-state index contributed by atoms with van der Waals surface area (Å²) in [5.74, 6) is 1.04. The second-order valence-electron chi connectivity index (χ2n) is 5.91. The number of fused-ring (bicyclic) bond motifs is 1. The highest BCUT2D eigenvalue weighted by Crippen LogP contribution is 2.31. The highest BCUT2D eigenvalue weighted by molar-refractivity contribution is 7.99. The third kappa shape index (κ3) is 4.98. The molecule has 0 bridgehead atoms. The van der Waals surface area contributed by atoms with Crippen LogP contribution in [0.5, 0.6) is 11.5 Å². The van der Waals surface area contributed by atoms with E-state index in [0.29, 0.717) is 28.0 Å². The molecule has 3 rings (SSSR count). The lowest BCUT2D eigenvalue weighted by molar-refractivity contribution is -0.143. The van der Waals surface area contributed by atoms with Gasteiger partial charge in [0.15, 0.2) is 23.0 Å². The molecule has 30 heavy (non-hydrogen) atoms. The molecule has 10 nitrogen and oxygen atoms in total. The standard InChI is InChI=1S/C19H21N5O5S/c1-4-29-18(26)10-20-16(25)11-30-17-8-7-15-21-22-19(24(15)23-17)12-5-6-13(27-2)14(9-12)28-3/h5-9H,4,10-11H2,1-3H3,(H,20,25). The number of esters is 1. The molecule has 0 saturated carbocycles. The summed E-state index contributed by atoms with van der Waals surface area (Å²) in [7, 11) is 3.13. The van der Waals surface area contributed by atoms with Crippen molar-refractivity contribution in [3.05, 3.63) is 30.3 Å². The quantitative estimate of drug-likeness (QED) is 0.398. The second kappa shape index (κ2) is 9.92. The molecule has 0 aliphatic heterocycles. The number of rotatable bonds is 9. The molecule has 1 aromatic carbocycles. The van der Waals surface area contributed by atoms with Gasteiger partial charge in [-0.25, -0.2) is 0 Å². The summed E-state index contributed by atoms with van der Waals surface area (Å²) < 4.78 is 17.0. The highest BCUT2D eigenvalue weighted by atomic mass is 32.2. The van der Waals surface area contributed by atoms with Gasteiger partial charge in [0.2, 0.25) is 5.91 Å². The number of amides is 1. The third-order valence-electron chi connectivity index (χ3n) is 3.97. The fraction of sp³-hybridized carbons (Fsp3) is 0.316. The number of ether oxygens (including phenoxy) is 3. The van der Waals surface area contributed by atoms with Crippen molar-refractivity contribution < 1.29 is 23.8 Å². The Morgan fingerprint density at radius 1 is 1.10 bits per heavy atom. The fourth-order valence-electron chi connectivity index (χ4n) is 2.58. The maximum atomic E-state index is 11.9. The Labute approximate surface area is 176 Å². The molecule has 0 fully saturated rings. The first-order chi connectivity index (χ1) is 14.5. The first kappa shape index (κ1) is 21.4. The molecule has 0 radical (unpaired) electrons. The van der Waals surface area contributed by atoms with E-state index in [9.17, 15) is 9.59 Å². The van der Waals surface area contributed by atoms with Crippen molar-refractivity contribution in [2.75, 3.05) is 33.1 Å². The van der Waals surface area contributed by atoms with Crippen molar-refractivity contribution in [3.63, 3.8) is 0 Å². The number of thioether (sulfide) groups is 1. The molecule has 0 atom stereocenters. The molecule has 0 aliphatic rings. The molecule has 2 aromatic heterocycles. The SMILES string of the molecule is CCOC(=O)CNC(=O)CSc1ccc2nnc(-c3ccc(OC)c(OC)c3)n2n1. The van der Waals surface area contributed by atoms with Gasteiger partial charge >= 0.3 is 5.97 Å². The molecule has 2 heterocycles. The van der Waals surface area contributed by atoms with Crippen molar-refractivity contribution in [1.82, 2.24) is 25.1 Å². The van der Waals surface area contributed by atoms with Gasteiger partial charge in [-0.3, -0.25) is 9.59 Å². The predicted molar refractivity (Wildman–Crippen MR) is 110 cm³/mol. The van der Waals surface area contributed by atoms with Gasteiger partial charge in [-0.05, 0) is 37.3 Å². The van der Waals surface area contributed by atoms with E-state index < -0.39 is 5.97 Å². The van der Waals surface area contributed by atoms with Gasteiger partial charge in [0.1, 0.15) is 11.6 Å². The molecule has 0 unspecified atom stereocenters. The van der Waals surface area contributed by atoms with E-state index in [1.807, 2.05) is 6.07 Å². The van der Waals surface area contributed by atoms with Crippen LogP contribution in [-0.2, 0) is 14.3 Å². The van der Waals surface area contributed by atoms with E-state index in [0.717, 1.165) is 5.56 Å². The lowest BCUT2D eigenvalue weighted by atomic mass is 10.2. The van der Waals surface area contributed by atoms with E-state index in [-0.39, 0.29) is 24.8 Å². The topological polar surface area (TPSA) is 117 Å². The largest absolute Gasteiger partial charge is 0.493 e. The molecule has 0 saturated heterocycles. The van der Waals surface area contributed by atoms with Crippen LogP contribution in [0, 0.1) is 0 Å². The van der Waals surface area contributed by atoms with Gasteiger partial charge in [-0.2, -0.15) is 9.61 Å². The predicted octanol–water partition coefficient (Wildman–Crippen LogP) is 1.58. The number of hydrogen-bond acceptors (Lipinski definition) is 9. The number of nitrogens with zero attached hydrogens (tertiary/aromatic N) is 4. The Morgan fingerprint density at radius 3 is 2.63 bits per heavy atom. The maximum Gasteiger partial charge on any atom is 0.325 e. The van der Waals surface area contributed by atoms with Crippen molar-refractivity contribution >= 4 is 29.3 Å². The zero-order valence-corrected chi connectivity index (χ0v) is 17.6. The normalized spacial score (nSPS) is 10.6. The van der Waals surface area contributed by atoms with Crippen molar-refractivity contribution in [2.24, 2.45) is 0 Å².